The molecule has 2 spiro atoms. The fraction of sp³-hybridized carbons (Fsp3) is 1.00. The zero-order valence-corrected chi connectivity index (χ0v) is 5.61. The zero-order chi connectivity index (χ0) is 7.10. The van der Waals surface area contributed by atoms with Gasteiger partial charge in [-0.2, -0.15) is 0 Å². The van der Waals surface area contributed by atoms with Gasteiger partial charge in [0, 0.05) is 0 Å². The summed E-state index contributed by atoms with van der Waals surface area (Å²) in [4.78, 5) is 0. The maximum atomic E-state index is 5.33. The molecule has 60 valence electrons. The van der Waals surface area contributed by atoms with E-state index in [2.05, 4.69) is 0 Å². The van der Waals surface area contributed by atoms with Crippen LogP contribution in [0.3, 0.4) is 0 Å². The summed E-state index contributed by atoms with van der Waals surface area (Å²) in [7, 11) is 0. The van der Waals surface area contributed by atoms with Crippen LogP contribution >= 0.6 is 0 Å². The van der Waals surface area contributed by atoms with Crippen LogP contribution in [-0.2, 0) is 23.7 Å². The summed E-state index contributed by atoms with van der Waals surface area (Å²) in [6.07, 6.45) is -0.424. The van der Waals surface area contributed by atoms with E-state index in [-0.39, 0.29) is 24.2 Å². The summed E-state index contributed by atoms with van der Waals surface area (Å²) in [5, 5.41) is 0. The van der Waals surface area contributed by atoms with Crippen LogP contribution in [0, 0.1) is 0 Å². The molecule has 5 heteroatoms. The molecule has 0 radical (unpaired) electrons. The van der Waals surface area contributed by atoms with Crippen molar-refractivity contribution in [2.45, 2.75) is 24.2 Å². The Morgan fingerprint density at radius 3 is 1.73 bits per heavy atom. The number of epoxide rings is 4. The third-order valence-corrected chi connectivity index (χ3v) is 2.32. The molecule has 4 heterocycles. The van der Waals surface area contributed by atoms with Gasteiger partial charge in [0.15, 0.2) is 0 Å². The minimum atomic E-state index is -0.373. The lowest BCUT2D eigenvalue weighted by Gasteiger charge is -1.87. The highest BCUT2D eigenvalue weighted by atomic mass is 17.0. The average Bonchev–Trinajstić information content (AvgIpc) is 2.84. The fourth-order valence-electron chi connectivity index (χ4n) is 1.22. The molecule has 4 aliphatic heterocycles. The van der Waals surface area contributed by atoms with Gasteiger partial charge < -0.3 is 23.7 Å². The Bertz CT molecular complexity index is 207. The Labute approximate surface area is 62.1 Å². The summed E-state index contributed by atoms with van der Waals surface area (Å²) in [6.45, 7) is 1.30. The molecular formula is C6H6O5. The molecule has 11 heavy (non-hydrogen) atoms. The first-order valence-electron chi connectivity index (χ1n) is 3.62. The standard InChI is InChI=1S/C6H6O5/c1-5(7-1)3(10-5)9-4-6(11-4)2-8-6/h3-4H,1-2H2. The zero-order valence-electron chi connectivity index (χ0n) is 5.61. The molecular weight excluding hydrogens is 152 g/mol. The van der Waals surface area contributed by atoms with Crippen LogP contribution < -0.4 is 0 Å². The molecule has 4 unspecified atom stereocenters. The molecule has 0 bridgehead atoms. The highest BCUT2D eigenvalue weighted by Crippen LogP contribution is 2.56. The molecule has 5 nitrogen and oxygen atoms in total. The van der Waals surface area contributed by atoms with E-state index in [4.69, 9.17) is 23.7 Å². The molecule has 4 rings (SSSR count). The second kappa shape index (κ2) is 1.23. The van der Waals surface area contributed by atoms with Gasteiger partial charge in [0.1, 0.15) is 13.2 Å². The molecule has 0 aliphatic carbocycles. The number of ether oxygens (including phenoxy) is 5. The third kappa shape index (κ3) is 0.590. The van der Waals surface area contributed by atoms with Crippen molar-refractivity contribution in [1.82, 2.24) is 0 Å². The van der Waals surface area contributed by atoms with Gasteiger partial charge in [-0.05, 0) is 0 Å². The highest BCUT2D eigenvalue weighted by molar-refractivity contribution is 5.04. The topological polar surface area (TPSA) is 59.4 Å². The fourth-order valence-corrected chi connectivity index (χ4v) is 1.22. The van der Waals surface area contributed by atoms with Crippen LogP contribution in [0.1, 0.15) is 0 Å². The van der Waals surface area contributed by atoms with Crippen molar-refractivity contribution in [3.05, 3.63) is 0 Å². The Morgan fingerprint density at radius 2 is 1.45 bits per heavy atom. The van der Waals surface area contributed by atoms with E-state index in [1.807, 2.05) is 0 Å². The predicted molar refractivity (Wildman–Crippen MR) is 28.2 cm³/mol. The molecule has 4 atom stereocenters. The SMILES string of the molecule is C1OC12OC2OC1OC12CO2. The highest BCUT2D eigenvalue weighted by Gasteiger charge is 2.77. The van der Waals surface area contributed by atoms with Crippen LogP contribution in [0.4, 0.5) is 0 Å². The first-order chi connectivity index (χ1) is 5.33. The molecule has 0 aromatic heterocycles. The van der Waals surface area contributed by atoms with E-state index < -0.39 is 0 Å². The summed E-state index contributed by atoms with van der Waals surface area (Å²) in [5.41, 5.74) is 0. The van der Waals surface area contributed by atoms with Crippen LogP contribution in [0.25, 0.3) is 0 Å². The third-order valence-electron chi connectivity index (χ3n) is 2.32. The lowest BCUT2D eigenvalue weighted by atomic mass is 10.5. The summed E-state index contributed by atoms with van der Waals surface area (Å²) >= 11 is 0. The Morgan fingerprint density at radius 1 is 1.00 bits per heavy atom. The number of rotatable bonds is 2. The monoisotopic (exact) mass is 158 g/mol. The summed E-state index contributed by atoms with van der Waals surface area (Å²) < 4.78 is 25.5. The van der Waals surface area contributed by atoms with Crippen molar-refractivity contribution >= 4 is 0 Å². The molecule has 4 saturated heterocycles. The van der Waals surface area contributed by atoms with Crippen LogP contribution in [0.2, 0.25) is 0 Å². The van der Waals surface area contributed by atoms with Gasteiger partial charge in [-0.25, -0.2) is 0 Å². The maximum Gasteiger partial charge on any atom is 0.247 e. The average molecular weight is 158 g/mol. The maximum absolute atomic E-state index is 5.33. The van der Waals surface area contributed by atoms with E-state index in [1.54, 1.807) is 0 Å². The van der Waals surface area contributed by atoms with E-state index in [9.17, 15) is 0 Å². The van der Waals surface area contributed by atoms with Gasteiger partial charge in [-0.3, -0.25) is 0 Å². The van der Waals surface area contributed by atoms with Gasteiger partial charge >= 0.3 is 0 Å². The first kappa shape index (κ1) is 5.45. The molecule has 4 aliphatic rings. The summed E-state index contributed by atoms with van der Waals surface area (Å²) in [5.74, 6) is -0.746. The number of hydrogen-bond donors (Lipinski definition) is 0. The molecule has 0 saturated carbocycles. The van der Waals surface area contributed by atoms with E-state index in [0.29, 0.717) is 13.2 Å². The smallest absolute Gasteiger partial charge is 0.247 e. The van der Waals surface area contributed by atoms with E-state index >= 15 is 0 Å². The molecule has 0 N–H and O–H groups in total. The van der Waals surface area contributed by atoms with Crippen molar-refractivity contribution in [1.29, 1.82) is 0 Å². The molecule has 0 aromatic carbocycles. The van der Waals surface area contributed by atoms with Crippen LogP contribution in [0.15, 0.2) is 0 Å². The van der Waals surface area contributed by atoms with Crippen LogP contribution in [0.5, 0.6) is 0 Å². The second-order valence-corrected chi connectivity index (χ2v) is 3.24. The lowest BCUT2D eigenvalue weighted by Crippen LogP contribution is -2.07. The Kier molecular flexibility index (Phi) is 0.611. The Hall–Kier alpha value is -0.200. The van der Waals surface area contributed by atoms with Gasteiger partial charge in [0.2, 0.25) is 24.2 Å². The largest absolute Gasteiger partial charge is 0.338 e. The van der Waals surface area contributed by atoms with Gasteiger partial charge in [-0.1, -0.05) is 0 Å². The number of hydrogen-bond acceptors (Lipinski definition) is 5. The summed E-state index contributed by atoms with van der Waals surface area (Å²) in [6, 6.07) is 0. The minimum Gasteiger partial charge on any atom is -0.338 e. The van der Waals surface area contributed by atoms with Crippen molar-refractivity contribution in [3.63, 3.8) is 0 Å². The van der Waals surface area contributed by atoms with Gasteiger partial charge in [-0.15, -0.1) is 0 Å². The van der Waals surface area contributed by atoms with Crippen molar-refractivity contribution < 1.29 is 23.7 Å². The minimum absolute atomic E-state index is 0.212. The Balaban J connectivity index is 1.41. The van der Waals surface area contributed by atoms with Gasteiger partial charge in [0.05, 0.1) is 0 Å². The lowest BCUT2D eigenvalue weighted by molar-refractivity contribution is -0.0112. The first-order valence-corrected chi connectivity index (χ1v) is 3.62. The van der Waals surface area contributed by atoms with Crippen molar-refractivity contribution in [2.24, 2.45) is 0 Å². The normalized spacial score (nSPS) is 68.7. The molecule has 0 aromatic rings. The predicted octanol–water partition coefficient (Wildman–Crippen LogP) is -0.831. The second-order valence-electron chi connectivity index (χ2n) is 3.24. The van der Waals surface area contributed by atoms with E-state index in [0.717, 1.165) is 0 Å². The van der Waals surface area contributed by atoms with Crippen LogP contribution in [-0.4, -0.2) is 37.4 Å². The van der Waals surface area contributed by atoms with E-state index in [1.165, 1.54) is 0 Å². The molecule has 4 fully saturated rings. The van der Waals surface area contributed by atoms with Crippen molar-refractivity contribution in [3.8, 4) is 0 Å². The van der Waals surface area contributed by atoms with Gasteiger partial charge in [0.25, 0.3) is 0 Å². The molecule has 0 amide bonds. The van der Waals surface area contributed by atoms with Crippen molar-refractivity contribution in [2.75, 3.05) is 13.2 Å². The quantitative estimate of drug-likeness (QED) is 0.491.